The van der Waals surface area contributed by atoms with Crippen molar-refractivity contribution in [3.63, 3.8) is 0 Å². The molecular weight excluding hydrogens is 334 g/mol. The molecule has 0 radical (unpaired) electrons. The number of carbonyl (C=O) groups is 2. The third-order valence-electron chi connectivity index (χ3n) is 4.05. The van der Waals surface area contributed by atoms with Gasteiger partial charge in [0.25, 0.3) is 5.91 Å². The van der Waals surface area contributed by atoms with Crippen molar-refractivity contribution in [3.8, 4) is 5.75 Å². The lowest BCUT2D eigenvalue weighted by atomic mass is 10.2. The number of rotatable bonds is 6. The van der Waals surface area contributed by atoms with Crippen LogP contribution in [-0.4, -0.2) is 66.9 Å². The standard InChI is InChI=1S/C18H27N5O3/c1-3-20-18(23-9-7-22(8-10-23)14(2)24)21-12-15-5-4-6-16(11-15)26-13-17(19)25/h4-6,11H,3,7-10,12-13H2,1-2H3,(H2,19,25)(H,20,21). The zero-order valence-electron chi connectivity index (χ0n) is 15.4. The summed E-state index contributed by atoms with van der Waals surface area (Å²) in [6.45, 7) is 7.67. The van der Waals surface area contributed by atoms with Crippen molar-refractivity contribution in [1.82, 2.24) is 15.1 Å². The van der Waals surface area contributed by atoms with E-state index >= 15 is 0 Å². The Kier molecular flexibility index (Phi) is 7.25. The molecule has 0 unspecified atom stereocenters. The number of primary amides is 1. The van der Waals surface area contributed by atoms with Gasteiger partial charge in [0.1, 0.15) is 5.75 Å². The minimum atomic E-state index is -0.507. The number of carbonyl (C=O) groups excluding carboxylic acids is 2. The molecule has 1 saturated heterocycles. The van der Waals surface area contributed by atoms with E-state index in [2.05, 4.69) is 10.2 Å². The Balaban J connectivity index is 1.99. The number of piperazine rings is 1. The molecule has 1 aliphatic heterocycles. The number of benzene rings is 1. The Morgan fingerprint density at radius 3 is 2.54 bits per heavy atom. The Hall–Kier alpha value is -2.77. The Morgan fingerprint density at radius 1 is 1.23 bits per heavy atom. The van der Waals surface area contributed by atoms with E-state index in [1.807, 2.05) is 30.0 Å². The van der Waals surface area contributed by atoms with Gasteiger partial charge in [-0.25, -0.2) is 4.99 Å². The van der Waals surface area contributed by atoms with E-state index in [0.717, 1.165) is 31.2 Å². The van der Waals surface area contributed by atoms with E-state index in [4.69, 9.17) is 15.5 Å². The van der Waals surface area contributed by atoms with Gasteiger partial charge in [0.15, 0.2) is 12.6 Å². The predicted octanol–water partition coefficient (Wildman–Crippen LogP) is 0.180. The second kappa shape index (κ2) is 9.65. The monoisotopic (exact) mass is 361 g/mol. The third kappa shape index (κ3) is 5.94. The maximum Gasteiger partial charge on any atom is 0.255 e. The number of nitrogens with zero attached hydrogens (tertiary/aromatic N) is 3. The minimum Gasteiger partial charge on any atom is -0.484 e. The summed E-state index contributed by atoms with van der Waals surface area (Å²) in [5, 5.41) is 3.30. The average Bonchev–Trinajstić information content (AvgIpc) is 2.64. The molecule has 26 heavy (non-hydrogen) atoms. The lowest BCUT2D eigenvalue weighted by Gasteiger charge is -2.36. The summed E-state index contributed by atoms with van der Waals surface area (Å²) in [7, 11) is 0. The van der Waals surface area contributed by atoms with Crippen LogP contribution in [0.15, 0.2) is 29.3 Å². The van der Waals surface area contributed by atoms with E-state index < -0.39 is 5.91 Å². The first-order valence-electron chi connectivity index (χ1n) is 8.78. The summed E-state index contributed by atoms with van der Waals surface area (Å²) >= 11 is 0. The van der Waals surface area contributed by atoms with Crippen LogP contribution < -0.4 is 15.8 Å². The molecule has 1 heterocycles. The van der Waals surface area contributed by atoms with E-state index in [0.29, 0.717) is 25.4 Å². The van der Waals surface area contributed by atoms with Crippen molar-refractivity contribution in [3.05, 3.63) is 29.8 Å². The molecule has 2 amide bonds. The summed E-state index contributed by atoms with van der Waals surface area (Å²) in [4.78, 5) is 31.0. The van der Waals surface area contributed by atoms with Crippen LogP contribution in [0.25, 0.3) is 0 Å². The fourth-order valence-electron chi connectivity index (χ4n) is 2.71. The largest absolute Gasteiger partial charge is 0.484 e. The lowest BCUT2D eigenvalue weighted by Crippen LogP contribution is -2.53. The van der Waals surface area contributed by atoms with Crippen molar-refractivity contribution in [1.29, 1.82) is 0 Å². The molecule has 1 fully saturated rings. The van der Waals surface area contributed by atoms with E-state index in [1.54, 1.807) is 13.0 Å². The lowest BCUT2D eigenvalue weighted by molar-refractivity contribution is -0.130. The van der Waals surface area contributed by atoms with Gasteiger partial charge in [0.2, 0.25) is 5.91 Å². The summed E-state index contributed by atoms with van der Waals surface area (Å²) in [5.74, 6) is 1.03. The molecule has 0 aliphatic carbocycles. The topological polar surface area (TPSA) is 100 Å². The normalized spacial score (nSPS) is 14.9. The fourth-order valence-corrected chi connectivity index (χ4v) is 2.71. The predicted molar refractivity (Wildman–Crippen MR) is 99.8 cm³/mol. The second-order valence-electron chi connectivity index (χ2n) is 6.07. The average molecular weight is 361 g/mol. The number of guanidine groups is 1. The Bertz CT molecular complexity index is 654. The molecular formula is C18H27N5O3. The highest BCUT2D eigenvalue weighted by Gasteiger charge is 2.20. The molecule has 1 aliphatic rings. The smallest absolute Gasteiger partial charge is 0.255 e. The molecule has 0 saturated carbocycles. The number of amides is 2. The van der Waals surface area contributed by atoms with E-state index in [9.17, 15) is 9.59 Å². The summed E-state index contributed by atoms with van der Waals surface area (Å²) in [6, 6.07) is 7.45. The van der Waals surface area contributed by atoms with Gasteiger partial charge >= 0.3 is 0 Å². The van der Waals surface area contributed by atoms with Gasteiger partial charge in [-0.05, 0) is 24.6 Å². The number of nitrogens with one attached hydrogen (secondary N) is 1. The molecule has 0 bridgehead atoms. The number of hydrogen-bond donors (Lipinski definition) is 2. The molecule has 0 spiro atoms. The highest BCUT2D eigenvalue weighted by molar-refractivity contribution is 5.80. The van der Waals surface area contributed by atoms with Gasteiger partial charge in [-0.3, -0.25) is 9.59 Å². The van der Waals surface area contributed by atoms with Gasteiger partial charge in [0.05, 0.1) is 6.54 Å². The molecule has 0 aromatic heterocycles. The number of ether oxygens (including phenoxy) is 1. The van der Waals surface area contributed by atoms with E-state index in [1.165, 1.54) is 0 Å². The van der Waals surface area contributed by atoms with Crippen molar-refractivity contribution >= 4 is 17.8 Å². The van der Waals surface area contributed by atoms with Crippen molar-refractivity contribution < 1.29 is 14.3 Å². The first-order chi connectivity index (χ1) is 12.5. The quantitative estimate of drug-likeness (QED) is 0.556. The molecule has 1 aromatic rings. The highest BCUT2D eigenvalue weighted by atomic mass is 16.5. The fraction of sp³-hybridized carbons (Fsp3) is 0.500. The van der Waals surface area contributed by atoms with Crippen molar-refractivity contribution in [2.45, 2.75) is 20.4 Å². The first-order valence-corrected chi connectivity index (χ1v) is 8.78. The zero-order chi connectivity index (χ0) is 18.9. The van der Waals surface area contributed by atoms with Crippen molar-refractivity contribution in [2.75, 3.05) is 39.3 Å². The number of hydrogen-bond acceptors (Lipinski definition) is 4. The van der Waals surface area contributed by atoms with Crippen LogP contribution in [0.5, 0.6) is 5.75 Å². The molecule has 8 nitrogen and oxygen atoms in total. The highest BCUT2D eigenvalue weighted by Crippen LogP contribution is 2.14. The number of nitrogens with two attached hydrogens (primary N) is 1. The van der Waals surface area contributed by atoms with Crippen LogP contribution in [0.4, 0.5) is 0 Å². The van der Waals surface area contributed by atoms with Gasteiger partial charge in [0, 0.05) is 39.6 Å². The molecule has 3 N–H and O–H groups in total. The van der Waals surface area contributed by atoms with Crippen molar-refractivity contribution in [2.24, 2.45) is 10.7 Å². The maximum atomic E-state index is 11.5. The second-order valence-corrected chi connectivity index (χ2v) is 6.07. The maximum absolute atomic E-state index is 11.5. The van der Waals surface area contributed by atoms with Gasteiger partial charge in [-0.1, -0.05) is 12.1 Å². The van der Waals surface area contributed by atoms with Crippen LogP contribution in [-0.2, 0) is 16.1 Å². The molecule has 2 rings (SSSR count). The summed E-state index contributed by atoms with van der Waals surface area (Å²) < 4.78 is 5.33. The molecule has 1 aromatic carbocycles. The van der Waals surface area contributed by atoms with Gasteiger partial charge in [-0.2, -0.15) is 0 Å². The van der Waals surface area contributed by atoms with Crippen LogP contribution >= 0.6 is 0 Å². The van der Waals surface area contributed by atoms with Crippen LogP contribution in [0.2, 0.25) is 0 Å². The summed E-state index contributed by atoms with van der Waals surface area (Å²) in [6.07, 6.45) is 0. The first kappa shape index (κ1) is 19.6. The third-order valence-corrected chi connectivity index (χ3v) is 4.05. The minimum absolute atomic E-state index is 0.111. The SMILES string of the molecule is CCNC(=NCc1cccc(OCC(N)=O)c1)N1CCN(C(C)=O)CC1. The number of aliphatic imine (C=N–C) groups is 1. The van der Waals surface area contributed by atoms with Crippen LogP contribution in [0.1, 0.15) is 19.4 Å². The molecule has 8 heteroatoms. The Morgan fingerprint density at radius 2 is 1.92 bits per heavy atom. The molecule has 0 atom stereocenters. The van der Waals surface area contributed by atoms with Crippen LogP contribution in [0.3, 0.4) is 0 Å². The Labute approximate surface area is 154 Å². The molecule has 142 valence electrons. The van der Waals surface area contributed by atoms with Gasteiger partial charge in [-0.15, -0.1) is 0 Å². The van der Waals surface area contributed by atoms with Gasteiger partial charge < -0.3 is 25.6 Å². The van der Waals surface area contributed by atoms with E-state index in [-0.39, 0.29) is 12.5 Å². The van der Waals surface area contributed by atoms with Crippen LogP contribution in [0, 0.1) is 0 Å². The zero-order valence-corrected chi connectivity index (χ0v) is 15.4. The summed E-state index contributed by atoms with van der Waals surface area (Å²) in [5.41, 5.74) is 6.07.